The van der Waals surface area contributed by atoms with E-state index >= 15 is 0 Å². The van der Waals surface area contributed by atoms with Crippen molar-refractivity contribution in [1.29, 1.82) is 0 Å². The molecule has 0 aromatic carbocycles. The van der Waals surface area contributed by atoms with E-state index in [4.69, 9.17) is 4.74 Å². The average molecular weight is 308 g/mol. The maximum atomic E-state index is 10.9. The fourth-order valence-electron chi connectivity index (χ4n) is 1.76. The Morgan fingerprint density at radius 2 is 2.29 bits per heavy atom. The zero-order valence-corrected chi connectivity index (χ0v) is 12.6. The van der Waals surface area contributed by atoms with Crippen molar-refractivity contribution in [3.63, 3.8) is 0 Å². The second-order valence-electron chi connectivity index (χ2n) is 4.30. The molecule has 0 unspecified atom stereocenters. The van der Waals surface area contributed by atoms with E-state index in [0.717, 1.165) is 10.6 Å². The van der Waals surface area contributed by atoms with Gasteiger partial charge in [-0.2, -0.15) is 4.98 Å². The van der Waals surface area contributed by atoms with E-state index in [0.29, 0.717) is 25.4 Å². The van der Waals surface area contributed by atoms with Gasteiger partial charge in [-0.3, -0.25) is 10.1 Å². The van der Waals surface area contributed by atoms with Crippen molar-refractivity contribution in [2.24, 2.45) is 0 Å². The third-order valence-electron chi connectivity index (χ3n) is 2.78. The summed E-state index contributed by atoms with van der Waals surface area (Å²) in [4.78, 5) is 20.0. The van der Waals surface area contributed by atoms with E-state index in [1.54, 1.807) is 16.8 Å². The van der Waals surface area contributed by atoms with E-state index in [9.17, 15) is 10.1 Å². The molecule has 0 amide bonds. The molecule has 1 N–H and O–H groups in total. The molecule has 2 aromatic rings. The van der Waals surface area contributed by atoms with E-state index in [2.05, 4.69) is 15.3 Å². The third-order valence-corrected chi connectivity index (χ3v) is 3.77. The van der Waals surface area contributed by atoms with Crippen molar-refractivity contribution in [2.45, 2.75) is 20.3 Å². The first-order valence-corrected chi connectivity index (χ1v) is 7.40. The summed E-state index contributed by atoms with van der Waals surface area (Å²) >= 11 is 1.57. The van der Waals surface area contributed by atoms with Gasteiger partial charge in [0.2, 0.25) is 5.88 Å². The number of hydrogen-bond acceptors (Lipinski definition) is 7. The number of aryl methyl sites for hydroxylation is 1. The summed E-state index contributed by atoms with van der Waals surface area (Å²) in [5.41, 5.74) is 2.74. The second kappa shape index (κ2) is 6.98. The number of nitro groups is 1. The minimum atomic E-state index is -0.456. The molecule has 0 atom stereocenters. The van der Waals surface area contributed by atoms with E-state index < -0.39 is 4.92 Å². The summed E-state index contributed by atoms with van der Waals surface area (Å²) in [6, 6.07) is 2.73. The molecule has 0 aliphatic heterocycles. The minimum Gasteiger partial charge on any atom is -0.477 e. The smallest absolute Gasteiger partial charge is 0.278 e. The molecule has 0 bridgehead atoms. The summed E-state index contributed by atoms with van der Waals surface area (Å²) in [6.45, 7) is 4.88. The number of hydrogen-bond donors (Lipinski definition) is 1. The Bertz CT molecular complexity index is 630. The van der Waals surface area contributed by atoms with Crippen molar-refractivity contribution in [2.75, 3.05) is 18.5 Å². The second-order valence-corrected chi connectivity index (χ2v) is 5.23. The number of nitrogens with zero attached hydrogens (tertiary/aromatic N) is 3. The summed E-state index contributed by atoms with van der Waals surface area (Å²) in [7, 11) is 0. The number of nitrogens with one attached hydrogen (secondary N) is 1. The van der Waals surface area contributed by atoms with Gasteiger partial charge in [-0.25, -0.2) is 4.98 Å². The highest BCUT2D eigenvalue weighted by Gasteiger charge is 2.12. The minimum absolute atomic E-state index is 0.0371. The number of aromatic nitrogens is 2. The topological polar surface area (TPSA) is 90.2 Å². The molecule has 2 aromatic heterocycles. The van der Waals surface area contributed by atoms with E-state index in [-0.39, 0.29) is 11.6 Å². The Morgan fingerprint density at radius 3 is 2.90 bits per heavy atom. The van der Waals surface area contributed by atoms with E-state index in [1.807, 2.05) is 13.8 Å². The lowest BCUT2D eigenvalue weighted by Crippen LogP contribution is -2.06. The maximum Gasteiger partial charge on any atom is 0.278 e. The molecular formula is C13H16N4O3S. The first kappa shape index (κ1) is 15.2. The van der Waals surface area contributed by atoms with Crippen molar-refractivity contribution in [1.82, 2.24) is 9.97 Å². The van der Waals surface area contributed by atoms with Crippen LogP contribution in [0.4, 0.5) is 11.5 Å². The van der Waals surface area contributed by atoms with Gasteiger partial charge in [0.1, 0.15) is 5.82 Å². The number of anilines is 1. The molecule has 7 nitrogen and oxygen atoms in total. The Balaban J connectivity index is 2.04. The van der Waals surface area contributed by atoms with Gasteiger partial charge in [0.15, 0.2) is 0 Å². The van der Waals surface area contributed by atoms with Gasteiger partial charge < -0.3 is 10.1 Å². The summed E-state index contributed by atoms with van der Waals surface area (Å²) < 4.78 is 5.54. The van der Waals surface area contributed by atoms with Crippen LogP contribution in [0.15, 0.2) is 17.6 Å². The molecule has 8 heteroatoms. The quantitative estimate of drug-likeness (QED) is 0.625. The van der Waals surface area contributed by atoms with Gasteiger partial charge in [0.05, 0.1) is 34.9 Å². The van der Waals surface area contributed by atoms with Crippen molar-refractivity contribution >= 4 is 22.8 Å². The number of ether oxygens (including phenoxy) is 1. The van der Waals surface area contributed by atoms with Crippen LogP contribution in [0.25, 0.3) is 0 Å². The fraction of sp³-hybridized carbons (Fsp3) is 0.385. The first-order valence-electron chi connectivity index (χ1n) is 6.52. The molecular weight excluding hydrogens is 292 g/mol. The standard InChI is InChI=1S/C13H16N4O3S/c1-3-14-12-6-10(17(18)19)7-13(16-12)20-5-4-11-9(2)15-8-21-11/h6-8H,3-5H2,1-2H3,(H,14,16). The summed E-state index contributed by atoms with van der Waals surface area (Å²) in [5, 5.41) is 13.9. The monoisotopic (exact) mass is 308 g/mol. The molecule has 21 heavy (non-hydrogen) atoms. The van der Waals surface area contributed by atoms with Crippen LogP contribution in [0.2, 0.25) is 0 Å². The fourth-order valence-corrected chi connectivity index (χ4v) is 2.52. The lowest BCUT2D eigenvalue weighted by molar-refractivity contribution is -0.384. The van der Waals surface area contributed by atoms with Gasteiger partial charge in [-0.15, -0.1) is 11.3 Å². The zero-order chi connectivity index (χ0) is 15.2. The van der Waals surface area contributed by atoms with Crippen LogP contribution in [0.5, 0.6) is 5.88 Å². The average Bonchev–Trinajstić information content (AvgIpc) is 2.84. The molecule has 0 aliphatic rings. The lowest BCUT2D eigenvalue weighted by atomic mass is 10.3. The van der Waals surface area contributed by atoms with Crippen molar-refractivity contribution in [3.05, 3.63) is 38.3 Å². The summed E-state index contributed by atoms with van der Waals surface area (Å²) in [6.07, 6.45) is 0.706. The Labute approximate surface area is 126 Å². The number of pyridine rings is 1. The predicted octanol–water partition coefficient (Wildman–Crippen LogP) is 2.81. The third kappa shape index (κ3) is 4.12. The van der Waals surface area contributed by atoms with Crippen LogP contribution >= 0.6 is 11.3 Å². The molecule has 2 heterocycles. The Morgan fingerprint density at radius 1 is 1.48 bits per heavy atom. The SMILES string of the molecule is CCNc1cc([N+](=O)[O-])cc(OCCc2scnc2C)n1. The number of thiazole rings is 1. The zero-order valence-electron chi connectivity index (χ0n) is 11.8. The highest BCUT2D eigenvalue weighted by Crippen LogP contribution is 2.22. The Kier molecular flexibility index (Phi) is 5.04. The molecule has 112 valence electrons. The molecule has 0 saturated heterocycles. The van der Waals surface area contributed by atoms with Gasteiger partial charge in [0, 0.05) is 17.8 Å². The van der Waals surface area contributed by atoms with Crippen molar-refractivity contribution < 1.29 is 9.66 Å². The highest BCUT2D eigenvalue weighted by molar-refractivity contribution is 7.09. The van der Waals surface area contributed by atoms with Crippen molar-refractivity contribution in [3.8, 4) is 5.88 Å². The number of rotatable bonds is 7. The van der Waals surface area contributed by atoms with Gasteiger partial charge in [-0.05, 0) is 13.8 Å². The van der Waals surface area contributed by atoms with Crippen LogP contribution in [0.3, 0.4) is 0 Å². The molecule has 0 spiro atoms. The highest BCUT2D eigenvalue weighted by atomic mass is 32.1. The largest absolute Gasteiger partial charge is 0.477 e. The van der Waals surface area contributed by atoms with Crippen LogP contribution in [0.1, 0.15) is 17.5 Å². The van der Waals surface area contributed by atoms with Gasteiger partial charge in [0.25, 0.3) is 5.69 Å². The van der Waals surface area contributed by atoms with Crippen LogP contribution in [-0.4, -0.2) is 28.0 Å². The molecule has 0 fully saturated rings. The molecule has 2 rings (SSSR count). The first-order chi connectivity index (χ1) is 10.1. The van der Waals surface area contributed by atoms with Gasteiger partial charge >= 0.3 is 0 Å². The molecule has 0 aliphatic carbocycles. The van der Waals surface area contributed by atoms with E-state index in [1.165, 1.54) is 12.1 Å². The van der Waals surface area contributed by atoms with Crippen LogP contribution in [0, 0.1) is 17.0 Å². The lowest BCUT2D eigenvalue weighted by Gasteiger charge is -2.07. The predicted molar refractivity (Wildman–Crippen MR) is 81.1 cm³/mol. The van der Waals surface area contributed by atoms with Crippen LogP contribution < -0.4 is 10.1 Å². The van der Waals surface area contributed by atoms with Crippen LogP contribution in [-0.2, 0) is 6.42 Å². The maximum absolute atomic E-state index is 10.9. The molecule has 0 radical (unpaired) electrons. The molecule has 0 saturated carbocycles. The normalized spacial score (nSPS) is 10.4. The summed E-state index contributed by atoms with van der Waals surface area (Å²) in [5.74, 6) is 0.693. The van der Waals surface area contributed by atoms with Gasteiger partial charge in [-0.1, -0.05) is 0 Å². The Hall–Kier alpha value is -2.22.